The Bertz CT molecular complexity index is 1170. The second kappa shape index (κ2) is 16.4. The summed E-state index contributed by atoms with van der Waals surface area (Å²) in [6.07, 6.45) is 2.30. The van der Waals surface area contributed by atoms with Crippen LogP contribution in [0.15, 0.2) is 24.3 Å². The number of nitrogens with zero attached hydrogens (tertiary/aromatic N) is 1. The monoisotopic (exact) mass is 601 g/mol. The molecule has 14 heteroatoms. The summed E-state index contributed by atoms with van der Waals surface area (Å²) in [6.45, 7) is 6.36. The summed E-state index contributed by atoms with van der Waals surface area (Å²) in [7, 11) is 0. The summed E-state index contributed by atoms with van der Waals surface area (Å²) >= 11 is 0. The maximum atomic E-state index is 13.3. The summed E-state index contributed by atoms with van der Waals surface area (Å²) in [6, 6.07) is 2.71. The molecule has 0 bridgehead atoms. The lowest BCUT2D eigenvalue weighted by molar-refractivity contribution is -0.134. The molecule has 1 aromatic carbocycles. The van der Waals surface area contributed by atoms with Crippen molar-refractivity contribution in [2.24, 2.45) is 11.7 Å². The number of para-hydroxylation sites is 1. The fraction of sp³-hybridized carbons (Fsp3) is 0.586. The van der Waals surface area contributed by atoms with Crippen LogP contribution in [-0.4, -0.2) is 97.8 Å². The lowest BCUT2D eigenvalue weighted by Gasteiger charge is -2.27. The Morgan fingerprint density at radius 3 is 2.44 bits per heavy atom. The number of ether oxygens (including phenoxy) is 1. The third kappa shape index (κ3) is 10.5. The molecule has 43 heavy (non-hydrogen) atoms. The number of nitrogens with two attached hydrogens (primary N) is 1. The quantitative estimate of drug-likeness (QED) is 0.223. The van der Waals surface area contributed by atoms with Gasteiger partial charge >= 0.3 is 0 Å². The molecule has 1 aromatic rings. The Kier molecular flexibility index (Phi) is 12.7. The minimum Gasteiger partial charge on any atom is -0.491 e. The van der Waals surface area contributed by atoms with Crippen LogP contribution >= 0.6 is 0 Å². The smallest absolute Gasteiger partial charge is 0.255 e. The van der Waals surface area contributed by atoms with Crippen LogP contribution in [-0.2, 0) is 24.0 Å². The van der Waals surface area contributed by atoms with Crippen molar-refractivity contribution in [3.05, 3.63) is 29.8 Å². The van der Waals surface area contributed by atoms with Gasteiger partial charge in [-0.3, -0.25) is 28.8 Å². The Labute approximate surface area is 251 Å². The highest BCUT2D eigenvalue weighted by molar-refractivity contribution is 6.01. The molecular weight excluding hydrogens is 558 g/mol. The molecule has 3 rings (SSSR count). The van der Waals surface area contributed by atoms with Gasteiger partial charge in [0.1, 0.15) is 30.5 Å². The van der Waals surface area contributed by atoms with E-state index in [-0.39, 0.29) is 30.4 Å². The van der Waals surface area contributed by atoms with Gasteiger partial charge in [0.25, 0.3) is 5.91 Å². The number of likely N-dealkylation sites (tertiary alicyclic amines) is 1. The molecule has 2 aliphatic heterocycles. The van der Waals surface area contributed by atoms with Gasteiger partial charge in [0.2, 0.25) is 29.5 Å². The minimum atomic E-state index is -1.41. The van der Waals surface area contributed by atoms with Crippen LogP contribution in [0, 0.1) is 5.92 Å². The molecule has 0 radical (unpaired) electrons. The van der Waals surface area contributed by atoms with Crippen molar-refractivity contribution in [3.8, 4) is 5.75 Å². The molecule has 1 saturated heterocycles. The largest absolute Gasteiger partial charge is 0.491 e. The highest BCUT2D eigenvalue weighted by Gasteiger charge is 2.32. The summed E-state index contributed by atoms with van der Waals surface area (Å²) < 4.78 is 5.76. The number of nitrogens with one attached hydrogen (secondary N) is 5. The van der Waals surface area contributed by atoms with Crippen LogP contribution in [0.5, 0.6) is 5.75 Å². The first-order valence-corrected chi connectivity index (χ1v) is 14.7. The second-order valence-electron chi connectivity index (χ2n) is 11.1. The number of carbonyl (C=O) groups is 6. The molecule has 3 atom stereocenters. The van der Waals surface area contributed by atoms with E-state index in [0.717, 1.165) is 25.9 Å². The summed E-state index contributed by atoms with van der Waals surface area (Å²) in [5.74, 6) is -4.27. The molecule has 6 amide bonds. The number of piperidine rings is 1. The molecule has 14 nitrogen and oxygen atoms in total. The molecular formula is C29H43N7O7. The molecule has 2 aliphatic rings. The summed E-state index contributed by atoms with van der Waals surface area (Å²) in [4.78, 5) is 79.7. The molecule has 7 N–H and O–H groups in total. The van der Waals surface area contributed by atoms with Gasteiger partial charge < -0.3 is 42.0 Å². The first-order valence-electron chi connectivity index (χ1n) is 14.7. The summed E-state index contributed by atoms with van der Waals surface area (Å²) in [5, 5.41) is 13.1. The van der Waals surface area contributed by atoms with Gasteiger partial charge in [0.15, 0.2) is 0 Å². The highest BCUT2D eigenvalue weighted by atomic mass is 16.5. The van der Waals surface area contributed by atoms with Crippen molar-refractivity contribution in [3.63, 3.8) is 0 Å². The SMILES string of the molecule is CC(C)[C@H]1NC(=O)[C@H](CC(N)=O)NC(=O)C[C@@H](C(=O)NCCN2CCCCC2)NC(=O)c2ccccc2OCCNC1=O. The van der Waals surface area contributed by atoms with Crippen molar-refractivity contribution >= 4 is 35.4 Å². The fourth-order valence-electron chi connectivity index (χ4n) is 4.95. The zero-order valence-electron chi connectivity index (χ0n) is 24.8. The van der Waals surface area contributed by atoms with Gasteiger partial charge in [0, 0.05) is 13.1 Å². The molecule has 1 fully saturated rings. The third-order valence-electron chi connectivity index (χ3n) is 7.28. The molecule has 0 spiro atoms. The second-order valence-corrected chi connectivity index (χ2v) is 11.1. The number of carbonyl (C=O) groups excluding carboxylic acids is 6. The van der Waals surface area contributed by atoms with E-state index in [4.69, 9.17) is 10.5 Å². The predicted octanol–water partition coefficient (Wildman–Crippen LogP) is -1.21. The van der Waals surface area contributed by atoms with Gasteiger partial charge in [-0.15, -0.1) is 0 Å². The van der Waals surface area contributed by atoms with Crippen LogP contribution in [0.1, 0.15) is 56.3 Å². The van der Waals surface area contributed by atoms with E-state index in [2.05, 4.69) is 31.5 Å². The third-order valence-corrected chi connectivity index (χ3v) is 7.28. The van der Waals surface area contributed by atoms with Gasteiger partial charge in [-0.2, -0.15) is 0 Å². The topological polar surface area (TPSA) is 201 Å². The van der Waals surface area contributed by atoms with Crippen LogP contribution in [0.3, 0.4) is 0 Å². The number of amides is 6. The standard InChI is InChI=1S/C29H43N7O7/c1-18(2)25-29(42)32-11-15-43-22-9-5-4-8-19(22)26(39)34-21(27(40)31-10-14-36-12-6-3-7-13-36)17-24(38)33-20(16-23(30)37)28(41)35-25/h4-5,8-9,18,20-21,25H,3,6-7,10-17H2,1-2H3,(H2,30,37)(H,31,40)(H,32,42)(H,33,38)(H,34,39)(H,35,41)/t20-,21-,25+/m0/s1. The van der Waals surface area contributed by atoms with Gasteiger partial charge in [-0.05, 0) is 44.0 Å². The number of hydrogen-bond donors (Lipinski definition) is 6. The lowest BCUT2D eigenvalue weighted by atomic mass is 10.0. The summed E-state index contributed by atoms with van der Waals surface area (Å²) in [5.41, 5.74) is 5.47. The maximum Gasteiger partial charge on any atom is 0.255 e. The van der Waals surface area contributed by atoms with E-state index in [0.29, 0.717) is 13.1 Å². The predicted molar refractivity (Wildman–Crippen MR) is 157 cm³/mol. The van der Waals surface area contributed by atoms with Gasteiger partial charge in [0.05, 0.1) is 24.9 Å². The normalized spacial score (nSPS) is 23.0. The molecule has 236 valence electrons. The fourth-order valence-corrected chi connectivity index (χ4v) is 4.95. The number of hydrogen-bond acceptors (Lipinski definition) is 8. The van der Waals surface area contributed by atoms with Crippen LogP contribution in [0.25, 0.3) is 0 Å². The molecule has 0 unspecified atom stereocenters. The van der Waals surface area contributed by atoms with Crippen molar-refractivity contribution in [2.75, 3.05) is 39.3 Å². The first kappa shape index (κ1) is 33.3. The molecule has 0 saturated carbocycles. The van der Waals surface area contributed by atoms with E-state index in [1.54, 1.807) is 32.0 Å². The number of primary amides is 1. The van der Waals surface area contributed by atoms with Crippen molar-refractivity contribution < 1.29 is 33.5 Å². The van der Waals surface area contributed by atoms with E-state index in [1.807, 2.05) is 0 Å². The number of rotatable bonds is 7. The lowest BCUT2D eigenvalue weighted by Crippen LogP contribution is -2.57. The highest BCUT2D eigenvalue weighted by Crippen LogP contribution is 2.18. The van der Waals surface area contributed by atoms with Crippen molar-refractivity contribution in [2.45, 2.75) is 64.1 Å². The van der Waals surface area contributed by atoms with Crippen molar-refractivity contribution in [1.29, 1.82) is 0 Å². The average molecular weight is 602 g/mol. The minimum absolute atomic E-state index is 0.0134. The first-order chi connectivity index (χ1) is 20.5. The zero-order chi connectivity index (χ0) is 31.4. The van der Waals surface area contributed by atoms with Crippen LogP contribution in [0.4, 0.5) is 0 Å². The van der Waals surface area contributed by atoms with E-state index in [1.165, 1.54) is 12.5 Å². The Hall–Kier alpha value is -4.20. The van der Waals surface area contributed by atoms with Crippen molar-refractivity contribution in [1.82, 2.24) is 31.5 Å². The van der Waals surface area contributed by atoms with Gasteiger partial charge in [-0.1, -0.05) is 32.4 Å². The Morgan fingerprint density at radius 1 is 1.02 bits per heavy atom. The number of fused-ring (bicyclic) bond motifs is 1. The Balaban J connectivity index is 1.85. The van der Waals surface area contributed by atoms with E-state index >= 15 is 0 Å². The maximum absolute atomic E-state index is 13.3. The van der Waals surface area contributed by atoms with Gasteiger partial charge in [-0.25, -0.2) is 0 Å². The molecule has 2 heterocycles. The van der Waals surface area contributed by atoms with E-state index < -0.39 is 66.4 Å². The van der Waals surface area contributed by atoms with Crippen LogP contribution < -0.4 is 37.1 Å². The molecule has 0 aliphatic carbocycles. The average Bonchev–Trinajstić information content (AvgIpc) is 2.97. The van der Waals surface area contributed by atoms with E-state index in [9.17, 15) is 28.8 Å². The molecule has 0 aromatic heterocycles. The zero-order valence-corrected chi connectivity index (χ0v) is 24.8. The number of benzene rings is 1. The van der Waals surface area contributed by atoms with Crippen LogP contribution in [0.2, 0.25) is 0 Å². The Morgan fingerprint density at radius 2 is 1.74 bits per heavy atom.